The SMILES string of the molecule is COC(=O)c1nc2n(n1)C(c1ccccc1C)C1C(=O)CCC=C1N2. The molecular formula is C18H18N4O3. The lowest BCUT2D eigenvalue weighted by molar-refractivity contribution is -0.123. The summed E-state index contributed by atoms with van der Waals surface area (Å²) in [7, 11) is 1.29. The van der Waals surface area contributed by atoms with Gasteiger partial charge in [-0.1, -0.05) is 30.3 Å². The van der Waals surface area contributed by atoms with Crippen LogP contribution in [0.1, 0.15) is 40.6 Å². The van der Waals surface area contributed by atoms with Crippen LogP contribution < -0.4 is 5.32 Å². The first-order valence-corrected chi connectivity index (χ1v) is 8.20. The molecule has 25 heavy (non-hydrogen) atoms. The van der Waals surface area contributed by atoms with Crippen LogP contribution in [0.2, 0.25) is 0 Å². The second kappa shape index (κ2) is 5.84. The van der Waals surface area contributed by atoms with Gasteiger partial charge in [0.2, 0.25) is 5.95 Å². The number of carbonyl (C=O) groups excluding carboxylic acids is 2. The van der Waals surface area contributed by atoms with E-state index in [1.165, 1.54) is 7.11 Å². The summed E-state index contributed by atoms with van der Waals surface area (Å²) >= 11 is 0. The fourth-order valence-electron chi connectivity index (χ4n) is 3.58. The Hall–Kier alpha value is -2.96. The molecule has 2 unspecified atom stereocenters. The zero-order chi connectivity index (χ0) is 17.6. The normalized spacial score (nSPS) is 21.7. The number of aromatic nitrogens is 3. The van der Waals surface area contributed by atoms with E-state index in [9.17, 15) is 9.59 Å². The van der Waals surface area contributed by atoms with Crippen LogP contribution >= 0.6 is 0 Å². The van der Waals surface area contributed by atoms with Crippen molar-refractivity contribution in [2.24, 2.45) is 5.92 Å². The van der Waals surface area contributed by atoms with Crippen molar-refractivity contribution in [3.63, 3.8) is 0 Å². The molecule has 0 saturated carbocycles. The van der Waals surface area contributed by atoms with E-state index in [2.05, 4.69) is 15.4 Å². The Balaban J connectivity index is 1.92. The molecule has 1 aromatic carbocycles. The van der Waals surface area contributed by atoms with E-state index in [0.29, 0.717) is 18.8 Å². The third-order valence-electron chi connectivity index (χ3n) is 4.78. The number of allylic oxidation sites excluding steroid dienone is 2. The van der Waals surface area contributed by atoms with E-state index in [4.69, 9.17) is 4.74 Å². The Bertz CT molecular complexity index is 899. The summed E-state index contributed by atoms with van der Waals surface area (Å²) in [5.41, 5.74) is 2.90. The Morgan fingerprint density at radius 1 is 1.36 bits per heavy atom. The fraction of sp³-hybridized carbons (Fsp3) is 0.333. The number of fused-ring (bicyclic) bond motifs is 2. The summed E-state index contributed by atoms with van der Waals surface area (Å²) in [6, 6.07) is 7.57. The Morgan fingerprint density at radius 2 is 2.16 bits per heavy atom. The van der Waals surface area contributed by atoms with Gasteiger partial charge >= 0.3 is 5.97 Å². The highest BCUT2D eigenvalue weighted by molar-refractivity contribution is 5.88. The summed E-state index contributed by atoms with van der Waals surface area (Å²) in [5.74, 6) is -0.356. The summed E-state index contributed by atoms with van der Waals surface area (Å²) in [4.78, 5) is 28.8. The number of aryl methyl sites for hydroxylation is 1. The van der Waals surface area contributed by atoms with Crippen LogP contribution in [0.25, 0.3) is 0 Å². The molecule has 1 aliphatic carbocycles. The number of ether oxygens (including phenoxy) is 1. The monoisotopic (exact) mass is 338 g/mol. The number of nitrogens with zero attached hydrogens (tertiary/aromatic N) is 3. The predicted molar refractivity (Wildman–Crippen MR) is 90.1 cm³/mol. The standard InChI is InChI=1S/C18H18N4O3/c1-10-6-3-4-7-11(10)15-14-12(8-5-9-13(14)23)19-18-20-16(17(24)25-2)21-22(15)18/h3-4,6-8,14-15H,5,9H2,1-2H3,(H,19,20,21). The number of nitrogens with one attached hydrogen (secondary N) is 1. The summed E-state index contributed by atoms with van der Waals surface area (Å²) in [6.45, 7) is 2.01. The van der Waals surface area contributed by atoms with Crippen molar-refractivity contribution < 1.29 is 14.3 Å². The molecule has 2 atom stereocenters. The third-order valence-corrected chi connectivity index (χ3v) is 4.78. The summed E-state index contributed by atoms with van der Waals surface area (Å²) in [6.07, 6.45) is 3.25. The molecule has 7 heteroatoms. The Kier molecular flexibility index (Phi) is 3.63. The van der Waals surface area contributed by atoms with E-state index in [1.54, 1.807) is 4.68 Å². The minimum atomic E-state index is -0.601. The largest absolute Gasteiger partial charge is 0.463 e. The van der Waals surface area contributed by atoms with Crippen molar-refractivity contribution in [2.45, 2.75) is 25.8 Å². The van der Waals surface area contributed by atoms with Crippen LogP contribution in [-0.2, 0) is 9.53 Å². The zero-order valence-electron chi connectivity index (χ0n) is 14.0. The molecular weight excluding hydrogens is 320 g/mol. The van der Waals surface area contributed by atoms with Gasteiger partial charge < -0.3 is 10.1 Å². The average molecular weight is 338 g/mol. The molecule has 2 aromatic rings. The van der Waals surface area contributed by atoms with Crippen molar-refractivity contribution in [1.29, 1.82) is 0 Å². The molecule has 1 aromatic heterocycles. The smallest absolute Gasteiger partial charge is 0.378 e. The van der Waals surface area contributed by atoms with Gasteiger partial charge in [0.15, 0.2) is 0 Å². The van der Waals surface area contributed by atoms with Crippen molar-refractivity contribution in [2.75, 3.05) is 12.4 Å². The maximum Gasteiger partial charge on any atom is 0.378 e. The van der Waals surface area contributed by atoms with Gasteiger partial charge in [-0.25, -0.2) is 9.48 Å². The number of benzene rings is 1. The topological polar surface area (TPSA) is 86.1 Å². The number of hydrogen-bond acceptors (Lipinski definition) is 6. The molecule has 0 amide bonds. The lowest BCUT2D eigenvalue weighted by atomic mass is 9.80. The lowest BCUT2D eigenvalue weighted by Crippen LogP contribution is -2.39. The summed E-state index contributed by atoms with van der Waals surface area (Å²) < 4.78 is 6.37. The highest BCUT2D eigenvalue weighted by atomic mass is 16.5. The van der Waals surface area contributed by atoms with E-state index in [0.717, 1.165) is 16.8 Å². The first kappa shape index (κ1) is 15.6. The van der Waals surface area contributed by atoms with Crippen LogP contribution in [-0.4, -0.2) is 33.6 Å². The van der Waals surface area contributed by atoms with Gasteiger partial charge in [-0.15, -0.1) is 5.10 Å². The Morgan fingerprint density at radius 3 is 2.92 bits per heavy atom. The quantitative estimate of drug-likeness (QED) is 0.845. The Labute approximate surface area is 144 Å². The third kappa shape index (κ3) is 2.43. The van der Waals surface area contributed by atoms with Crippen molar-refractivity contribution >= 4 is 17.7 Å². The van der Waals surface area contributed by atoms with Crippen LogP contribution in [0.3, 0.4) is 0 Å². The predicted octanol–water partition coefficient (Wildman–Crippen LogP) is 2.25. The molecule has 1 N–H and O–H groups in total. The van der Waals surface area contributed by atoms with E-state index < -0.39 is 5.97 Å². The van der Waals surface area contributed by atoms with E-state index in [-0.39, 0.29) is 23.6 Å². The van der Waals surface area contributed by atoms with Gasteiger partial charge in [0.25, 0.3) is 5.82 Å². The van der Waals surface area contributed by atoms with Crippen LogP contribution in [0.4, 0.5) is 5.95 Å². The van der Waals surface area contributed by atoms with Crippen molar-refractivity contribution in [3.05, 3.63) is 53.0 Å². The van der Waals surface area contributed by atoms with Crippen molar-refractivity contribution in [3.8, 4) is 0 Å². The van der Waals surface area contributed by atoms with Crippen LogP contribution in [0.5, 0.6) is 0 Å². The second-order valence-corrected chi connectivity index (χ2v) is 6.26. The van der Waals surface area contributed by atoms with Gasteiger partial charge in [-0.2, -0.15) is 4.98 Å². The number of rotatable bonds is 2. The van der Waals surface area contributed by atoms with Gasteiger partial charge in [-0.05, 0) is 24.5 Å². The maximum absolute atomic E-state index is 12.7. The summed E-state index contributed by atoms with van der Waals surface area (Å²) in [5, 5.41) is 7.50. The minimum Gasteiger partial charge on any atom is -0.463 e. The fourth-order valence-corrected chi connectivity index (χ4v) is 3.58. The number of Topliss-reactive ketones (excluding diaryl/α,β-unsaturated/α-hetero) is 1. The minimum absolute atomic E-state index is 0.0183. The maximum atomic E-state index is 12.7. The average Bonchev–Trinajstić information content (AvgIpc) is 3.04. The number of esters is 1. The first-order valence-electron chi connectivity index (χ1n) is 8.20. The van der Waals surface area contributed by atoms with Gasteiger partial charge in [0, 0.05) is 12.1 Å². The van der Waals surface area contributed by atoms with Crippen LogP contribution in [0.15, 0.2) is 36.0 Å². The number of hydrogen-bond donors (Lipinski definition) is 1. The second-order valence-electron chi connectivity index (χ2n) is 6.26. The van der Waals surface area contributed by atoms with Gasteiger partial charge in [0.1, 0.15) is 5.78 Å². The molecule has 7 nitrogen and oxygen atoms in total. The molecule has 2 heterocycles. The molecule has 128 valence electrons. The number of anilines is 1. The van der Waals surface area contributed by atoms with E-state index in [1.807, 2.05) is 37.3 Å². The molecule has 0 fully saturated rings. The molecule has 0 bridgehead atoms. The number of ketones is 1. The zero-order valence-corrected chi connectivity index (χ0v) is 14.0. The molecule has 4 rings (SSSR count). The molecule has 2 aliphatic rings. The highest BCUT2D eigenvalue weighted by Gasteiger charge is 2.42. The molecule has 0 radical (unpaired) electrons. The van der Waals surface area contributed by atoms with Gasteiger partial charge in [0.05, 0.1) is 19.1 Å². The molecule has 0 spiro atoms. The first-order chi connectivity index (χ1) is 12.1. The van der Waals surface area contributed by atoms with E-state index >= 15 is 0 Å². The van der Waals surface area contributed by atoms with Crippen LogP contribution in [0, 0.1) is 12.8 Å². The number of carbonyl (C=O) groups is 2. The number of methoxy groups -OCH3 is 1. The lowest BCUT2D eigenvalue weighted by Gasteiger charge is -2.36. The van der Waals surface area contributed by atoms with Gasteiger partial charge in [-0.3, -0.25) is 4.79 Å². The molecule has 0 saturated heterocycles. The highest BCUT2D eigenvalue weighted by Crippen LogP contribution is 2.42. The van der Waals surface area contributed by atoms with Crippen molar-refractivity contribution in [1.82, 2.24) is 14.8 Å². The molecule has 1 aliphatic heterocycles.